The van der Waals surface area contributed by atoms with Crippen LogP contribution in [0, 0.1) is 29.6 Å². The molecule has 4 aliphatic carbocycles. The predicted octanol–water partition coefficient (Wildman–Crippen LogP) is 4.41. The highest BCUT2D eigenvalue weighted by molar-refractivity contribution is 7.90. The van der Waals surface area contributed by atoms with Gasteiger partial charge in [-0.3, -0.25) is 19.1 Å². The van der Waals surface area contributed by atoms with E-state index < -0.39 is 82.2 Å². The van der Waals surface area contributed by atoms with E-state index in [1.54, 1.807) is 19.2 Å². The topological polar surface area (TPSA) is 195 Å². The highest BCUT2D eigenvalue weighted by atomic mass is 32.2. The number of hydrogen-bond donors (Lipinski definition) is 3. The number of carbonyl (C=O) groups is 4. The van der Waals surface area contributed by atoms with Gasteiger partial charge in [-0.15, -0.1) is 0 Å². The third kappa shape index (κ3) is 8.92. The molecule has 8 rings (SSSR count). The van der Waals surface area contributed by atoms with Crippen molar-refractivity contribution in [2.45, 2.75) is 133 Å². The number of alkyl carbamates (subject to hydrolysis) is 1. The average Bonchev–Trinajstić information content (AvgIpc) is 4.16. The molecule has 0 radical (unpaired) electrons. The van der Waals surface area contributed by atoms with Crippen LogP contribution in [-0.4, -0.2) is 103 Å². The Labute approximate surface area is 342 Å². The van der Waals surface area contributed by atoms with Crippen molar-refractivity contribution in [2.24, 2.45) is 29.6 Å². The molecule has 3 N–H and O–H groups in total. The average molecular weight is 845 g/mol. The second kappa shape index (κ2) is 16.6. The van der Waals surface area contributed by atoms with Crippen molar-refractivity contribution in [3.63, 3.8) is 0 Å². The molecule has 322 valence electrons. The Balaban J connectivity index is 1.16. The largest absolute Gasteiger partial charge is 0.497 e. The molecule has 3 heterocycles. The SMILES string of the molecule is CC[C@@H]1[C@@H]2CN(C(=O)[C@H](C3CCCC3)NC(=O)O[C@@H]3C[C@H]3CCCCCc3nc4ccc(OC)cc4nc3O2)[C@@H]1C(=O)N[C@]1(C(=O)NS(=O)(=O)CC2CC2)C[C@H]1C(F)F. The van der Waals surface area contributed by atoms with Gasteiger partial charge in [-0.1, -0.05) is 32.6 Å². The van der Waals surface area contributed by atoms with Crippen LogP contribution in [0.2, 0.25) is 0 Å². The van der Waals surface area contributed by atoms with Crippen molar-refractivity contribution in [2.75, 3.05) is 19.4 Å². The molecule has 15 nitrogen and oxygen atoms in total. The number of alkyl halides is 2. The van der Waals surface area contributed by atoms with Crippen molar-refractivity contribution >= 4 is 44.9 Å². The highest BCUT2D eigenvalue weighted by Crippen LogP contribution is 2.49. The van der Waals surface area contributed by atoms with Crippen LogP contribution in [0.4, 0.5) is 13.6 Å². The van der Waals surface area contributed by atoms with Crippen LogP contribution >= 0.6 is 0 Å². The lowest BCUT2D eigenvalue weighted by molar-refractivity contribution is -0.143. The second-order valence-corrected chi connectivity index (χ2v) is 19.2. The maximum absolute atomic E-state index is 15.0. The monoisotopic (exact) mass is 844 g/mol. The summed E-state index contributed by atoms with van der Waals surface area (Å²) in [5.41, 5.74) is -0.464. The predicted molar refractivity (Wildman–Crippen MR) is 209 cm³/mol. The van der Waals surface area contributed by atoms with E-state index in [2.05, 4.69) is 10.6 Å². The minimum absolute atomic E-state index is 0.122. The Morgan fingerprint density at radius 1 is 1.00 bits per heavy atom. The van der Waals surface area contributed by atoms with Gasteiger partial charge in [-0.05, 0) is 94.1 Å². The number of nitrogens with one attached hydrogen (secondary N) is 3. The maximum atomic E-state index is 15.0. The minimum Gasteiger partial charge on any atom is -0.497 e. The summed E-state index contributed by atoms with van der Waals surface area (Å²) in [4.78, 5) is 67.9. The fraction of sp³-hybridized carbons (Fsp3) is 0.707. The molecule has 59 heavy (non-hydrogen) atoms. The van der Waals surface area contributed by atoms with Crippen LogP contribution in [0.25, 0.3) is 11.0 Å². The molecule has 4 amide bonds. The first kappa shape index (κ1) is 41.4. The molecule has 1 aromatic heterocycles. The Morgan fingerprint density at radius 3 is 2.44 bits per heavy atom. The molecular formula is C41H54F2N6O9S. The molecule has 2 aromatic rings. The standard InChI is InChI=1S/C41H54F2N6O9S/c1-3-26-32-20-49(34(26)36(50)47-41(19-27(41)35(42)43)39(52)48-59(54,55)21-22-13-14-22)38(51)33(23-9-7-8-10-23)46-40(53)58-31-17-24(31)11-5-4-6-12-29-37(57-32)45-30-18-25(56-2)15-16-28(30)44-29/h15-16,18,22-24,26-27,31-35H,3-14,17,19-21H2,1-2H3,(H,46,53)(H,47,50)(H,48,52)/t24-,26-,27+,31-,32+,33+,34+,41-/m1/s1. The lowest BCUT2D eigenvalue weighted by Crippen LogP contribution is -2.60. The Morgan fingerprint density at radius 2 is 1.75 bits per heavy atom. The van der Waals surface area contributed by atoms with Crippen LogP contribution in [0.5, 0.6) is 11.6 Å². The summed E-state index contributed by atoms with van der Waals surface area (Å²) < 4.78 is 74.4. The van der Waals surface area contributed by atoms with Crippen LogP contribution in [0.1, 0.15) is 96.1 Å². The molecule has 5 fully saturated rings. The fourth-order valence-electron chi connectivity index (χ4n) is 9.54. The number of fused-ring (bicyclic) bond motifs is 5. The van der Waals surface area contributed by atoms with Crippen LogP contribution in [0.15, 0.2) is 18.2 Å². The Hall–Kier alpha value is -4.35. The molecule has 4 saturated carbocycles. The first-order valence-electron chi connectivity index (χ1n) is 21.2. The van der Waals surface area contributed by atoms with Gasteiger partial charge in [-0.2, -0.15) is 0 Å². The summed E-state index contributed by atoms with van der Waals surface area (Å²) in [5, 5.41) is 5.39. The molecule has 1 saturated heterocycles. The number of aromatic nitrogens is 2. The van der Waals surface area contributed by atoms with Crippen molar-refractivity contribution in [1.82, 2.24) is 30.2 Å². The normalized spacial score (nSPS) is 31.5. The molecule has 0 spiro atoms. The molecule has 0 unspecified atom stereocenters. The number of benzene rings is 1. The Kier molecular flexibility index (Phi) is 11.6. The van der Waals surface area contributed by atoms with E-state index in [0.717, 1.165) is 44.9 Å². The number of halogens is 2. The van der Waals surface area contributed by atoms with E-state index in [0.29, 0.717) is 54.6 Å². The van der Waals surface area contributed by atoms with Gasteiger partial charge in [0.25, 0.3) is 5.91 Å². The smallest absolute Gasteiger partial charge is 0.408 e. The third-order valence-corrected chi connectivity index (χ3v) is 14.7. The Bertz CT molecular complexity index is 2070. The highest BCUT2D eigenvalue weighted by Gasteiger charge is 2.67. The maximum Gasteiger partial charge on any atom is 0.408 e. The number of ether oxygens (including phenoxy) is 3. The lowest BCUT2D eigenvalue weighted by Gasteiger charge is -2.33. The van der Waals surface area contributed by atoms with Gasteiger partial charge in [0.15, 0.2) is 0 Å². The number of sulfonamides is 1. The molecule has 1 aromatic carbocycles. The zero-order valence-electron chi connectivity index (χ0n) is 33.5. The van der Waals surface area contributed by atoms with Gasteiger partial charge in [0.2, 0.25) is 34.1 Å². The first-order valence-corrected chi connectivity index (χ1v) is 22.9. The first-order chi connectivity index (χ1) is 28.3. The summed E-state index contributed by atoms with van der Waals surface area (Å²) in [5.74, 6) is -4.77. The summed E-state index contributed by atoms with van der Waals surface area (Å²) in [6.07, 6.45) is 4.02. The van der Waals surface area contributed by atoms with Gasteiger partial charge in [-0.25, -0.2) is 32.0 Å². The summed E-state index contributed by atoms with van der Waals surface area (Å²) in [6.45, 7) is 1.68. The van der Waals surface area contributed by atoms with E-state index in [9.17, 15) is 36.4 Å². The quantitative estimate of drug-likeness (QED) is 0.307. The van der Waals surface area contributed by atoms with Crippen molar-refractivity contribution in [3.05, 3.63) is 23.9 Å². The van der Waals surface area contributed by atoms with Crippen molar-refractivity contribution < 1.29 is 50.6 Å². The van der Waals surface area contributed by atoms with Crippen LogP contribution in [0.3, 0.4) is 0 Å². The van der Waals surface area contributed by atoms with Gasteiger partial charge in [0.05, 0.1) is 36.4 Å². The van der Waals surface area contributed by atoms with E-state index in [4.69, 9.17) is 24.2 Å². The van der Waals surface area contributed by atoms with Gasteiger partial charge < -0.3 is 29.7 Å². The molecule has 8 atom stereocenters. The van der Waals surface area contributed by atoms with Crippen LogP contribution < -0.4 is 24.8 Å². The number of carbonyl (C=O) groups excluding carboxylic acids is 4. The number of methoxy groups -OCH3 is 1. The minimum atomic E-state index is -4.17. The number of aryl methyl sites for hydroxylation is 1. The summed E-state index contributed by atoms with van der Waals surface area (Å²) >= 11 is 0. The van der Waals surface area contributed by atoms with Crippen molar-refractivity contribution in [1.29, 1.82) is 0 Å². The van der Waals surface area contributed by atoms with E-state index in [1.165, 1.54) is 4.90 Å². The lowest BCUT2D eigenvalue weighted by atomic mass is 9.92. The number of hydrogen-bond acceptors (Lipinski definition) is 11. The molecular weight excluding hydrogens is 791 g/mol. The van der Waals surface area contributed by atoms with Crippen molar-refractivity contribution in [3.8, 4) is 11.6 Å². The third-order valence-electron chi connectivity index (χ3n) is 13.3. The molecule has 2 aliphatic heterocycles. The zero-order chi connectivity index (χ0) is 41.6. The second-order valence-electron chi connectivity index (χ2n) is 17.5. The number of nitrogens with zero attached hydrogens (tertiary/aromatic N) is 3. The molecule has 6 aliphatic rings. The number of amides is 4. The van der Waals surface area contributed by atoms with Gasteiger partial charge in [0, 0.05) is 12.0 Å². The van der Waals surface area contributed by atoms with E-state index in [1.807, 2.05) is 17.7 Å². The fourth-order valence-corrected chi connectivity index (χ4v) is 11.0. The zero-order valence-corrected chi connectivity index (χ0v) is 34.3. The summed E-state index contributed by atoms with van der Waals surface area (Å²) in [6, 6.07) is 2.94. The molecule has 2 bridgehead atoms. The van der Waals surface area contributed by atoms with E-state index >= 15 is 0 Å². The molecule has 18 heteroatoms. The van der Waals surface area contributed by atoms with Gasteiger partial charge >= 0.3 is 6.09 Å². The van der Waals surface area contributed by atoms with E-state index in [-0.39, 0.29) is 48.5 Å². The van der Waals surface area contributed by atoms with Crippen LogP contribution in [-0.2, 0) is 35.6 Å². The summed E-state index contributed by atoms with van der Waals surface area (Å²) in [7, 11) is -2.62. The van der Waals surface area contributed by atoms with Gasteiger partial charge in [0.1, 0.15) is 41.3 Å². The number of rotatable bonds is 10.